The molecule has 0 aliphatic rings. The maximum absolute atomic E-state index is 12.0. The lowest BCUT2D eigenvalue weighted by atomic mass is 10.2. The van der Waals surface area contributed by atoms with E-state index >= 15 is 0 Å². The summed E-state index contributed by atoms with van der Waals surface area (Å²) in [5.41, 5.74) is 6.72. The highest BCUT2D eigenvalue weighted by Crippen LogP contribution is 2.13. The summed E-state index contributed by atoms with van der Waals surface area (Å²) >= 11 is 1.42. The quantitative estimate of drug-likeness (QED) is 0.848. The number of hydrogen-bond donors (Lipinski definition) is 2. The van der Waals surface area contributed by atoms with Gasteiger partial charge in [-0.3, -0.25) is 20.4 Å². The summed E-state index contributed by atoms with van der Waals surface area (Å²) in [4.78, 5) is 25.5. The lowest BCUT2D eigenvalue weighted by Crippen LogP contribution is -2.41. The van der Waals surface area contributed by atoms with Crippen LogP contribution >= 0.6 is 11.3 Å². The highest BCUT2D eigenvalue weighted by atomic mass is 32.1. The van der Waals surface area contributed by atoms with E-state index in [0.717, 1.165) is 5.69 Å². The van der Waals surface area contributed by atoms with Crippen LogP contribution in [-0.4, -0.2) is 25.9 Å². The molecule has 0 saturated heterocycles. The summed E-state index contributed by atoms with van der Waals surface area (Å²) < 4.78 is 0. The molecule has 2 amide bonds. The van der Waals surface area contributed by atoms with Crippen molar-refractivity contribution >= 4 is 28.8 Å². The van der Waals surface area contributed by atoms with Gasteiger partial charge in [0.05, 0.1) is 5.56 Å². The number of rotatable bonds is 3. The van der Waals surface area contributed by atoms with Crippen molar-refractivity contribution in [3.8, 4) is 0 Å². The second-order valence-electron chi connectivity index (χ2n) is 4.37. The lowest BCUT2D eigenvalue weighted by molar-refractivity contribution is 0.0847. The molecule has 0 saturated carbocycles. The molecule has 0 fully saturated rings. The fourth-order valence-electron chi connectivity index (χ4n) is 1.58. The summed E-state index contributed by atoms with van der Waals surface area (Å²) in [6.45, 7) is 0. The van der Waals surface area contributed by atoms with E-state index in [1.54, 1.807) is 35.0 Å². The van der Waals surface area contributed by atoms with Gasteiger partial charge in [0.1, 0.15) is 0 Å². The average Bonchev–Trinajstić information content (AvgIpc) is 2.98. The maximum Gasteiger partial charge on any atom is 0.270 e. The minimum absolute atomic E-state index is 0.330. The van der Waals surface area contributed by atoms with Crippen LogP contribution < -0.4 is 15.8 Å². The Morgan fingerprint density at radius 2 is 1.75 bits per heavy atom. The number of thiophene rings is 1. The van der Waals surface area contributed by atoms with E-state index < -0.39 is 0 Å². The average molecular weight is 289 g/mol. The van der Waals surface area contributed by atoms with Crippen LogP contribution in [0.1, 0.15) is 20.7 Å². The van der Waals surface area contributed by atoms with Crippen molar-refractivity contribution in [1.82, 2.24) is 10.9 Å². The lowest BCUT2D eigenvalue weighted by Gasteiger charge is -2.13. The van der Waals surface area contributed by atoms with Crippen LogP contribution in [0.25, 0.3) is 0 Å². The summed E-state index contributed by atoms with van der Waals surface area (Å²) in [6.07, 6.45) is 0. The van der Waals surface area contributed by atoms with Crippen LogP contribution in [0, 0.1) is 0 Å². The third kappa shape index (κ3) is 3.36. The summed E-state index contributed by atoms with van der Waals surface area (Å²) in [6, 6.07) is 8.84. The molecule has 6 heteroatoms. The van der Waals surface area contributed by atoms with Gasteiger partial charge in [-0.25, -0.2) is 0 Å². The molecule has 5 nitrogen and oxygen atoms in total. The number of hydrazine groups is 1. The molecule has 0 aliphatic heterocycles. The van der Waals surface area contributed by atoms with Crippen molar-refractivity contribution in [3.63, 3.8) is 0 Å². The normalized spacial score (nSPS) is 9.90. The monoisotopic (exact) mass is 289 g/mol. The van der Waals surface area contributed by atoms with E-state index in [2.05, 4.69) is 10.9 Å². The Bertz CT molecular complexity index is 609. The SMILES string of the molecule is CN(C)c1cccc(C(=O)NNC(=O)c2ccsc2)c1. The number of benzene rings is 1. The zero-order chi connectivity index (χ0) is 14.5. The number of hydrogen-bond acceptors (Lipinski definition) is 4. The van der Waals surface area contributed by atoms with Gasteiger partial charge in [0, 0.05) is 30.7 Å². The van der Waals surface area contributed by atoms with Gasteiger partial charge in [-0.15, -0.1) is 0 Å². The molecule has 2 aromatic rings. The molecule has 1 heterocycles. The summed E-state index contributed by atoms with van der Waals surface area (Å²) in [5.74, 6) is -0.680. The summed E-state index contributed by atoms with van der Waals surface area (Å²) in [5, 5.41) is 3.52. The van der Waals surface area contributed by atoms with Gasteiger partial charge in [0.25, 0.3) is 11.8 Å². The zero-order valence-electron chi connectivity index (χ0n) is 11.2. The van der Waals surface area contributed by atoms with Crippen molar-refractivity contribution < 1.29 is 9.59 Å². The maximum atomic E-state index is 12.0. The number of carbonyl (C=O) groups excluding carboxylic acids is 2. The number of amides is 2. The molecular weight excluding hydrogens is 274 g/mol. The van der Waals surface area contributed by atoms with E-state index in [1.165, 1.54) is 11.3 Å². The van der Waals surface area contributed by atoms with Crippen LogP contribution in [-0.2, 0) is 0 Å². The van der Waals surface area contributed by atoms with Gasteiger partial charge in [0.2, 0.25) is 0 Å². The molecule has 1 aromatic heterocycles. The molecule has 0 spiro atoms. The smallest absolute Gasteiger partial charge is 0.270 e. The Balaban J connectivity index is 1.98. The van der Waals surface area contributed by atoms with Crippen molar-refractivity contribution in [2.24, 2.45) is 0 Å². The Hall–Kier alpha value is -2.34. The first kappa shape index (κ1) is 14.1. The standard InChI is InChI=1S/C14H15N3O2S/c1-17(2)12-5-3-4-10(8-12)13(18)15-16-14(19)11-6-7-20-9-11/h3-9H,1-2H3,(H,15,18)(H,16,19). The van der Waals surface area contributed by atoms with Crippen LogP contribution in [0.15, 0.2) is 41.1 Å². The van der Waals surface area contributed by atoms with Crippen LogP contribution in [0.2, 0.25) is 0 Å². The Labute approximate surface area is 121 Å². The van der Waals surface area contributed by atoms with E-state index in [0.29, 0.717) is 11.1 Å². The number of nitrogens with zero attached hydrogens (tertiary/aromatic N) is 1. The fraction of sp³-hybridized carbons (Fsp3) is 0.143. The molecule has 0 aliphatic carbocycles. The van der Waals surface area contributed by atoms with Gasteiger partial charge < -0.3 is 4.90 Å². The van der Waals surface area contributed by atoms with Crippen molar-refractivity contribution in [2.45, 2.75) is 0 Å². The Morgan fingerprint density at radius 3 is 2.35 bits per heavy atom. The van der Waals surface area contributed by atoms with Gasteiger partial charge in [-0.2, -0.15) is 11.3 Å². The Kier molecular flexibility index (Phi) is 4.37. The third-order valence-electron chi connectivity index (χ3n) is 2.70. The van der Waals surface area contributed by atoms with Crippen LogP contribution in [0.3, 0.4) is 0 Å². The molecular formula is C14H15N3O2S. The summed E-state index contributed by atoms with van der Waals surface area (Å²) in [7, 11) is 3.80. The van der Waals surface area contributed by atoms with Crippen LogP contribution in [0.4, 0.5) is 5.69 Å². The van der Waals surface area contributed by atoms with Crippen molar-refractivity contribution in [1.29, 1.82) is 0 Å². The highest BCUT2D eigenvalue weighted by Gasteiger charge is 2.10. The number of carbonyl (C=O) groups is 2. The first-order valence-corrected chi connectivity index (χ1v) is 6.92. The number of anilines is 1. The highest BCUT2D eigenvalue weighted by molar-refractivity contribution is 7.08. The van der Waals surface area contributed by atoms with Gasteiger partial charge in [-0.05, 0) is 29.6 Å². The molecule has 2 rings (SSSR count). The van der Waals surface area contributed by atoms with Crippen LogP contribution in [0.5, 0.6) is 0 Å². The van der Waals surface area contributed by atoms with Crippen molar-refractivity contribution in [2.75, 3.05) is 19.0 Å². The molecule has 20 heavy (non-hydrogen) atoms. The second kappa shape index (κ2) is 6.21. The second-order valence-corrected chi connectivity index (χ2v) is 5.15. The predicted molar refractivity (Wildman–Crippen MR) is 80.0 cm³/mol. The molecule has 104 valence electrons. The predicted octanol–water partition coefficient (Wildman–Crippen LogP) is 1.89. The molecule has 1 aromatic carbocycles. The van der Waals surface area contributed by atoms with E-state index in [1.807, 2.05) is 25.1 Å². The van der Waals surface area contributed by atoms with Gasteiger partial charge in [0.15, 0.2) is 0 Å². The third-order valence-corrected chi connectivity index (χ3v) is 3.38. The van der Waals surface area contributed by atoms with Gasteiger partial charge >= 0.3 is 0 Å². The van der Waals surface area contributed by atoms with Gasteiger partial charge in [-0.1, -0.05) is 6.07 Å². The number of nitrogens with one attached hydrogen (secondary N) is 2. The minimum atomic E-state index is -0.350. The van der Waals surface area contributed by atoms with Crippen molar-refractivity contribution in [3.05, 3.63) is 52.2 Å². The van der Waals surface area contributed by atoms with E-state index in [-0.39, 0.29) is 11.8 Å². The topological polar surface area (TPSA) is 61.4 Å². The largest absolute Gasteiger partial charge is 0.378 e. The fourth-order valence-corrected chi connectivity index (χ4v) is 2.21. The molecule has 0 unspecified atom stereocenters. The Morgan fingerprint density at radius 1 is 1.05 bits per heavy atom. The first-order chi connectivity index (χ1) is 9.58. The van der Waals surface area contributed by atoms with E-state index in [9.17, 15) is 9.59 Å². The zero-order valence-corrected chi connectivity index (χ0v) is 12.0. The molecule has 0 bridgehead atoms. The minimum Gasteiger partial charge on any atom is -0.378 e. The molecule has 0 atom stereocenters. The molecule has 2 N–H and O–H groups in total. The first-order valence-electron chi connectivity index (χ1n) is 5.98. The van der Waals surface area contributed by atoms with E-state index in [4.69, 9.17) is 0 Å². The molecule has 0 radical (unpaired) electrons.